The third-order valence-corrected chi connectivity index (χ3v) is 7.08. The maximum atomic E-state index is 13.2. The van der Waals surface area contributed by atoms with Crippen LogP contribution in [0.1, 0.15) is 74.8 Å². The van der Waals surface area contributed by atoms with Gasteiger partial charge in [0.2, 0.25) is 5.69 Å². The van der Waals surface area contributed by atoms with Gasteiger partial charge in [0.15, 0.2) is 0 Å². The van der Waals surface area contributed by atoms with E-state index in [9.17, 15) is 14.7 Å². The molecule has 1 aliphatic heterocycles. The molecule has 1 unspecified atom stereocenters. The Morgan fingerprint density at radius 3 is 2.81 bits per heavy atom. The number of nitrogens with zero attached hydrogens (tertiary/aromatic N) is 3. The van der Waals surface area contributed by atoms with Gasteiger partial charge in [0.1, 0.15) is 0 Å². The number of piperidine rings is 1. The van der Waals surface area contributed by atoms with Crippen molar-refractivity contribution in [3.8, 4) is 0 Å². The number of aromatic nitrogens is 2. The van der Waals surface area contributed by atoms with Crippen LogP contribution < -0.4 is 5.56 Å². The molecule has 4 atom stereocenters. The van der Waals surface area contributed by atoms with Gasteiger partial charge >= 0.3 is 5.97 Å². The number of likely N-dealkylation sites (tertiary alicyclic amines) is 1. The van der Waals surface area contributed by atoms with Crippen molar-refractivity contribution in [3.05, 3.63) is 65.1 Å². The number of benzene rings is 1. The van der Waals surface area contributed by atoms with Gasteiger partial charge in [-0.2, -0.15) is 0 Å². The van der Waals surface area contributed by atoms with Crippen molar-refractivity contribution in [2.75, 3.05) is 0 Å². The third-order valence-electron chi connectivity index (χ3n) is 7.08. The van der Waals surface area contributed by atoms with E-state index in [1.165, 1.54) is 19.3 Å². The van der Waals surface area contributed by atoms with E-state index in [4.69, 9.17) is 0 Å². The van der Waals surface area contributed by atoms with Gasteiger partial charge in [-0.25, -0.2) is 9.78 Å². The lowest BCUT2D eigenvalue weighted by Crippen LogP contribution is -2.54. The number of para-hydroxylation sites is 2. The average Bonchev–Trinajstić information content (AvgIpc) is 2.77. The first kappa shape index (κ1) is 22.5. The molecular formula is C26H33N3O3. The highest BCUT2D eigenvalue weighted by Gasteiger charge is 2.38. The van der Waals surface area contributed by atoms with Crippen molar-refractivity contribution in [1.29, 1.82) is 0 Å². The van der Waals surface area contributed by atoms with Crippen LogP contribution in [0.2, 0.25) is 0 Å². The number of allylic oxidation sites excluding steroid dienone is 1. The van der Waals surface area contributed by atoms with Gasteiger partial charge < -0.3 is 9.67 Å². The molecule has 1 aliphatic carbocycles. The quantitative estimate of drug-likeness (QED) is 0.672. The number of fused-ring (bicyclic) bond motifs is 1. The zero-order valence-electron chi connectivity index (χ0n) is 18.8. The molecule has 6 nitrogen and oxygen atoms in total. The van der Waals surface area contributed by atoms with Gasteiger partial charge in [0.05, 0.1) is 11.0 Å². The van der Waals surface area contributed by atoms with E-state index in [-0.39, 0.29) is 18.1 Å². The number of hydrogen-bond donors (Lipinski definition) is 1. The van der Waals surface area contributed by atoms with Gasteiger partial charge in [-0.05, 0) is 50.7 Å². The Balaban J connectivity index is 1.76. The molecule has 2 aromatic rings. The molecule has 1 saturated heterocycles. The van der Waals surface area contributed by atoms with E-state index < -0.39 is 17.2 Å². The first-order chi connectivity index (χ1) is 15.5. The summed E-state index contributed by atoms with van der Waals surface area (Å²) in [5, 5.41) is 9.60. The first-order valence-corrected chi connectivity index (χ1v) is 11.9. The molecule has 1 fully saturated rings. The SMILES string of the molecule is C=C[C@@H]1C[C@H](n2c(=O)c(C(=O)O)nc3ccccc32)C[C@H](CC)N1C1/C=C\CCCCC1. The minimum absolute atomic E-state index is 0.102. The lowest BCUT2D eigenvalue weighted by molar-refractivity contribution is 0.0466. The van der Waals surface area contributed by atoms with E-state index in [1.807, 2.05) is 24.3 Å². The van der Waals surface area contributed by atoms with Crippen LogP contribution in [0.15, 0.2) is 53.9 Å². The summed E-state index contributed by atoms with van der Waals surface area (Å²) in [7, 11) is 0. The fraction of sp³-hybridized carbons (Fsp3) is 0.500. The number of carbonyl (C=O) groups is 1. The Morgan fingerprint density at radius 2 is 2.06 bits per heavy atom. The minimum Gasteiger partial charge on any atom is -0.476 e. The maximum absolute atomic E-state index is 13.2. The van der Waals surface area contributed by atoms with Gasteiger partial charge in [0.25, 0.3) is 5.56 Å². The second-order valence-corrected chi connectivity index (χ2v) is 9.00. The van der Waals surface area contributed by atoms with E-state index in [1.54, 1.807) is 10.6 Å². The van der Waals surface area contributed by atoms with E-state index in [2.05, 4.69) is 35.5 Å². The van der Waals surface area contributed by atoms with Crippen molar-refractivity contribution < 1.29 is 9.90 Å². The Morgan fingerprint density at radius 1 is 1.25 bits per heavy atom. The van der Waals surface area contributed by atoms with Crippen LogP contribution in [0.4, 0.5) is 0 Å². The molecule has 1 N–H and O–H groups in total. The predicted octanol–water partition coefficient (Wildman–Crippen LogP) is 4.95. The van der Waals surface area contributed by atoms with E-state index >= 15 is 0 Å². The highest BCUT2D eigenvalue weighted by molar-refractivity contribution is 5.88. The summed E-state index contributed by atoms with van der Waals surface area (Å²) in [6.45, 7) is 6.34. The van der Waals surface area contributed by atoms with Crippen LogP contribution in [0.3, 0.4) is 0 Å². The molecule has 0 spiro atoms. The lowest BCUT2D eigenvalue weighted by atomic mass is 9.86. The molecule has 0 saturated carbocycles. The Bertz CT molecular complexity index is 1070. The lowest BCUT2D eigenvalue weighted by Gasteiger charge is -2.48. The number of carboxylic acids is 1. The normalized spacial score (nSPS) is 28.0. The second-order valence-electron chi connectivity index (χ2n) is 9.00. The van der Waals surface area contributed by atoms with Crippen LogP contribution >= 0.6 is 0 Å². The molecule has 1 aromatic heterocycles. The molecule has 2 aliphatic rings. The number of carboxylic acid groups (broad SMARTS) is 1. The first-order valence-electron chi connectivity index (χ1n) is 11.9. The summed E-state index contributed by atoms with van der Waals surface area (Å²) < 4.78 is 1.69. The zero-order chi connectivity index (χ0) is 22.7. The molecule has 0 bridgehead atoms. The fourth-order valence-electron chi connectivity index (χ4n) is 5.57. The Kier molecular flexibility index (Phi) is 6.89. The van der Waals surface area contributed by atoms with Crippen molar-refractivity contribution in [2.24, 2.45) is 0 Å². The fourth-order valence-corrected chi connectivity index (χ4v) is 5.57. The van der Waals surface area contributed by atoms with E-state index in [0.29, 0.717) is 17.1 Å². The summed E-state index contributed by atoms with van der Waals surface area (Å²) in [5.41, 5.74) is 0.318. The molecule has 0 radical (unpaired) electrons. The van der Waals surface area contributed by atoms with Crippen molar-refractivity contribution in [2.45, 2.75) is 82.5 Å². The van der Waals surface area contributed by atoms with Gasteiger partial charge in [-0.15, -0.1) is 6.58 Å². The van der Waals surface area contributed by atoms with Crippen molar-refractivity contribution in [3.63, 3.8) is 0 Å². The molecule has 170 valence electrons. The monoisotopic (exact) mass is 435 g/mol. The third kappa shape index (κ3) is 4.29. The second kappa shape index (κ2) is 9.82. The summed E-state index contributed by atoms with van der Waals surface area (Å²) in [4.78, 5) is 31.7. The molecule has 2 heterocycles. The van der Waals surface area contributed by atoms with Crippen LogP contribution in [-0.2, 0) is 0 Å². The van der Waals surface area contributed by atoms with Crippen LogP contribution in [0, 0.1) is 0 Å². The molecular weight excluding hydrogens is 402 g/mol. The Hall–Kier alpha value is -2.73. The summed E-state index contributed by atoms with van der Waals surface area (Å²) in [5.74, 6) is -1.28. The Labute approximate surface area is 189 Å². The standard InChI is InChI=1S/C26H33N3O3/c1-3-18-16-21(17-19(4-2)28(18)20-12-8-6-5-7-9-13-20)29-23-15-11-10-14-22(23)27-24(25(29)30)26(31)32/h3,8,10-12,14-15,18-21H,1,4-7,9,13,16-17H2,2H3,(H,31,32)/b12-8-/t18-,19+,20?,21+/m1/s1. The van der Waals surface area contributed by atoms with Crippen molar-refractivity contribution in [1.82, 2.24) is 14.5 Å². The molecule has 0 amide bonds. The summed E-state index contributed by atoms with van der Waals surface area (Å²) >= 11 is 0. The topological polar surface area (TPSA) is 75.4 Å². The number of aromatic carboxylic acids is 1. The van der Waals surface area contributed by atoms with Crippen LogP contribution in [0.25, 0.3) is 11.0 Å². The van der Waals surface area contributed by atoms with Gasteiger partial charge in [-0.1, -0.05) is 50.1 Å². The summed E-state index contributed by atoms with van der Waals surface area (Å²) in [6.07, 6.45) is 15.2. The summed E-state index contributed by atoms with van der Waals surface area (Å²) in [6, 6.07) is 8.02. The average molecular weight is 436 g/mol. The highest BCUT2D eigenvalue weighted by Crippen LogP contribution is 2.37. The highest BCUT2D eigenvalue weighted by atomic mass is 16.4. The maximum Gasteiger partial charge on any atom is 0.360 e. The smallest absolute Gasteiger partial charge is 0.360 e. The van der Waals surface area contributed by atoms with Crippen molar-refractivity contribution >= 4 is 17.0 Å². The van der Waals surface area contributed by atoms with Crippen LogP contribution in [-0.4, -0.2) is 43.7 Å². The molecule has 32 heavy (non-hydrogen) atoms. The largest absolute Gasteiger partial charge is 0.476 e. The van der Waals surface area contributed by atoms with Gasteiger partial charge in [-0.3, -0.25) is 9.69 Å². The minimum atomic E-state index is -1.28. The zero-order valence-corrected chi connectivity index (χ0v) is 18.8. The van der Waals surface area contributed by atoms with Crippen LogP contribution in [0.5, 0.6) is 0 Å². The number of hydrogen-bond acceptors (Lipinski definition) is 4. The predicted molar refractivity (Wildman–Crippen MR) is 127 cm³/mol. The number of rotatable bonds is 5. The van der Waals surface area contributed by atoms with E-state index in [0.717, 1.165) is 32.1 Å². The van der Waals surface area contributed by atoms with Gasteiger partial charge in [0, 0.05) is 24.2 Å². The molecule has 6 heteroatoms. The molecule has 4 rings (SSSR count). The molecule has 1 aromatic carbocycles.